The molecule has 2 N–H and O–H groups in total. The first-order valence-electron chi connectivity index (χ1n) is 6.59. The SMILES string of the molecule is NCc1ccc(/C=C/C(=O)C(=O)N2CCOCC2)cc1. The molecule has 0 saturated carbocycles. The summed E-state index contributed by atoms with van der Waals surface area (Å²) in [6.07, 6.45) is 2.95. The minimum absolute atomic E-state index is 0.469. The Bertz CT molecular complexity index is 502. The fourth-order valence-corrected chi connectivity index (χ4v) is 1.93. The van der Waals surface area contributed by atoms with Crippen molar-refractivity contribution in [2.45, 2.75) is 6.54 Å². The van der Waals surface area contributed by atoms with Crippen molar-refractivity contribution in [1.82, 2.24) is 4.90 Å². The summed E-state index contributed by atoms with van der Waals surface area (Å²) in [7, 11) is 0. The summed E-state index contributed by atoms with van der Waals surface area (Å²) in [5.74, 6) is -0.974. The summed E-state index contributed by atoms with van der Waals surface area (Å²) in [4.78, 5) is 25.2. The first-order chi connectivity index (χ1) is 9.70. The van der Waals surface area contributed by atoms with Crippen molar-refractivity contribution >= 4 is 17.8 Å². The summed E-state index contributed by atoms with van der Waals surface area (Å²) in [6.45, 7) is 2.41. The Kier molecular flexibility index (Phi) is 5.03. The molecule has 0 aromatic heterocycles. The van der Waals surface area contributed by atoms with Crippen LogP contribution in [0.15, 0.2) is 30.3 Å². The number of morpholine rings is 1. The van der Waals surface area contributed by atoms with Gasteiger partial charge in [-0.2, -0.15) is 0 Å². The Morgan fingerprint density at radius 3 is 2.45 bits per heavy atom. The van der Waals surface area contributed by atoms with Gasteiger partial charge in [-0.05, 0) is 17.2 Å². The van der Waals surface area contributed by atoms with Crippen molar-refractivity contribution in [3.05, 3.63) is 41.5 Å². The van der Waals surface area contributed by atoms with Crippen molar-refractivity contribution in [2.24, 2.45) is 5.73 Å². The summed E-state index contributed by atoms with van der Waals surface area (Å²) in [5.41, 5.74) is 7.40. The lowest BCUT2D eigenvalue weighted by atomic mass is 10.1. The predicted molar refractivity (Wildman–Crippen MR) is 75.8 cm³/mol. The smallest absolute Gasteiger partial charge is 0.294 e. The number of ketones is 1. The Morgan fingerprint density at radius 1 is 1.20 bits per heavy atom. The molecule has 1 aliphatic heterocycles. The molecule has 1 amide bonds. The highest BCUT2D eigenvalue weighted by molar-refractivity contribution is 6.41. The molecule has 0 spiro atoms. The third-order valence-corrected chi connectivity index (χ3v) is 3.15. The van der Waals surface area contributed by atoms with Crippen LogP contribution in [0.3, 0.4) is 0 Å². The number of carbonyl (C=O) groups excluding carboxylic acids is 2. The number of carbonyl (C=O) groups is 2. The minimum atomic E-state index is -0.505. The molecule has 1 fully saturated rings. The van der Waals surface area contributed by atoms with E-state index in [1.54, 1.807) is 6.08 Å². The number of hydrogen-bond acceptors (Lipinski definition) is 4. The van der Waals surface area contributed by atoms with Crippen LogP contribution in [0.1, 0.15) is 11.1 Å². The van der Waals surface area contributed by atoms with Gasteiger partial charge in [0.1, 0.15) is 0 Å². The van der Waals surface area contributed by atoms with Crippen LogP contribution in [0.2, 0.25) is 0 Å². The van der Waals surface area contributed by atoms with Crippen LogP contribution in [0, 0.1) is 0 Å². The first-order valence-corrected chi connectivity index (χ1v) is 6.59. The van der Waals surface area contributed by atoms with Crippen LogP contribution >= 0.6 is 0 Å². The second-order valence-corrected chi connectivity index (χ2v) is 4.55. The van der Waals surface area contributed by atoms with E-state index < -0.39 is 11.7 Å². The molecule has 5 heteroatoms. The van der Waals surface area contributed by atoms with E-state index in [1.807, 2.05) is 24.3 Å². The average molecular weight is 274 g/mol. The van der Waals surface area contributed by atoms with Crippen LogP contribution in [-0.2, 0) is 20.9 Å². The minimum Gasteiger partial charge on any atom is -0.378 e. The first kappa shape index (κ1) is 14.4. The lowest BCUT2D eigenvalue weighted by molar-refractivity contribution is -0.145. The Balaban J connectivity index is 1.95. The molecule has 1 heterocycles. The van der Waals surface area contributed by atoms with Crippen LogP contribution < -0.4 is 5.73 Å². The summed E-state index contributed by atoms with van der Waals surface area (Å²) in [6, 6.07) is 7.53. The number of amides is 1. The Morgan fingerprint density at radius 2 is 1.85 bits per heavy atom. The fraction of sp³-hybridized carbons (Fsp3) is 0.333. The zero-order valence-electron chi connectivity index (χ0n) is 11.2. The van der Waals surface area contributed by atoms with Crippen molar-refractivity contribution in [3.8, 4) is 0 Å². The Labute approximate surface area is 118 Å². The zero-order chi connectivity index (χ0) is 14.4. The predicted octanol–water partition coefficient (Wildman–Crippen LogP) is 0.586. The number of ether oxygens (including phenoxy) is 1. The molecule has 106 valence electrons. The highest BCUT2D eigenvalue weighted by Crippen LogP contribution is 2.06. The summed E-state index contributed by atoms with van der Waals surface area (Å²) < 4.78 is 5.15. The molecule has 1 saturated heterocycles. The van der Waals surface area contributed by atoms with Crippen LogP contribution in [0.4, 0.5) is 0 Å². The van der Waals surface area contributed by atoms with E-state index in [9.17, 15) is 9.59 Å². The highest BCUT2D eigenvalue weighted by atomic mass is 16.5. The topological polar surface area (TPSA) is 72.6 Å². The number of nitrogens with two attached hydrogens (primary N) is 1. The van der Waals surface area contributed by atoms with Gasteiger partial charge in [0.2, 0.25) is 5.78 Å². The second-order valence-electron chi connectivity index (χ2n) is 4.55. The molecule has 0 aliphatic carbocycles. The van der Waals surface area contributed by atoms with Gasteiger partial charge in [-0.1, -0.05) is 30.3 Å². The van der Waals surface area contributed by atoms with E-state index in [2.05, 4.69) is 0 Å². The molecule has 20 heavy (non-hydrogen) atoms. The molecule has 0 bridgehead atoms. The van der Waals surface area contributed by atoms with Crippen molar-refractivity contribution in [1.29, 1.82) is 0 Å². The molecule has 5 nitrogen and oxygen atoms in total. The maximum atomic E-state index is 11.9. The zero-order valence-corrected chi connectivity index (χ0v) is 11.2. The molecule has 0 unspecified atom stereocenters. The fourth-order valence-electron chi connectivity index (χ4n) is 1.93. The molecule has 2 rings (SSSR count). The van der Waals surface area contributed by atoms with Crippen LogP contribution in [0.25, 0.3) is 6.08 Å². The highest BCUT2D eigenvalue weighted by Gasteiger charge is 2.21. The van der Waals surface area contributed by atoms with Crippen molar-refractivity contribution in [3.63, 3.8) is 0 Å². The van der Waals surface area contributed by atoms with Gasteiger partial charge in [0.25, 0.3) is 5.91 Å². The average Bonchev–Trinajstić information content (AvgIpc) is 2.53. The number of nitrogens with zero attached hydrogens (tertiary/aromatic N) is 1. The van der Waals surface area contributed by atoms with Gasteiger partial charge < -0.3 is 15.4 Å². The van der Waals surface area contributed by atoms with Gasteiger partial charge in [-0.3, -0.25) is 9.59 Å². The van der Waals surface area contributed by atoms with Gasteiger partial charge in [-0.15, -0.1) is 0 Å². The molecule has 1 aromatic carbocycles. The molecule has 0 atom stereocenters. The number of rotatable bonds is 4. The van der Waals surface area contributed by atoms with Gasteiger partial charge in [-0.25, -0.2) is 0 Å². The largest absolute Gasteiger partial charge is 0.378 e. The number of benzene rings is 1. The lowest BCUT2D eigenvalue weighted by Crippen LogP contribution is -2.43. The van der Waals surface area contributed by atoms with Gasteiger partial charge >= 0.3 is 0 Å². The van der Waals surface area contributed by atoms with Gasteiger partial charge in [0.05, 0.1) is 13.2 Å². The monoisotopic (exact) mass is 274 g/mol. The van der Waals surface area contributed by atoms with Crippen molar-refractivity contribution in [2.75, 3.05) is 26.3 Å². The van der Waals surface area contributed by atoms with E-state index in [-0.39, 0.29) is 0 Å². The van der Waals surface area contributed by atoms with E-state index in [4.69, 9.17) is 10.5 Å². The molecule has 0 radical (unpaired) electrons. The molecule has 1 aromatic rings. The molecule has 1 aliphatic rings. The molecular formula is C15H18N2O3. The maximum Gasteiger partial charge on any atom is 0.294 e. The molecular weight excluding hydrogens is 256 g/mol. The van der Waals surface area contributed by atoms with Crippen LogP contribution in [0.5, 0.6) is 0 Å². The standard InChI is InChI=1S/C15H18N2O3/c16-11-13-3-1-12(2-4-13)5-6-14(18)15(19)17-7-9-20-10-8-17/h1-6H,7-11,16H2/b6-5+. The summed E-state index contributed by atoms with van der Waals surface area (Å²) in [5, 5.41) is 0. The third-order valence-electron chi connectivity index (χ3n) is 3.15. The van der Waals surface area contributed by atoms with E-state index in [0.29, 0.717) is 32.8 Å². The maximum absolute atomic E-state index is 11.9. The normalized spacial score (nSPS) is 15.6. The number of hydrogen-bond donors (Lipinski definition) is 1. The van der Waals surface area contributed by atoms with E-state index >= 15 is 0 Å². The van der Waals surface area contributed by atoms with E-state index in [1.165, 1.54) is 11.0 Å². The quantitative estimate of drug-likeness (QED) is 0.644. The summed E-state index contributed by atoms with van der Waals surface area (Å²) >= 11 is 0. The third kappa shape index (κ3) is 3.76. The lowest BCUT2D eigenvalue weighted by Gasteiger charge is -2.25. The second kappa shape index (κ2) is 6.98. The Hall–Kier alpha value is -1.98. The van der Waals surface area contributed by atoms with Gasteiger partial charge in [0, 0.05) is 19.6 Å². The van der Waals surface area contributed by atoms with Crippen molar-refractivity contribution < 1.29 is 14.3 Å². The van der Waals surface area contributed by atoms with Crippen LogP contribution in [-0.4, -0.2) is 42.9 Å². The van der Waals surface area contributed by atoms with E-state index in [0.717, 1.165) is 11.1 Å². The van der Waals surface area contributed by atoms with Gasteiger partial charge in [0.15, 0.2) is 0 Å².